The first-order valence-corrected chi connectivity index (χ1v) is 13.2. The Morgan fingerprint density at radius 3 is 2.48 bits per heavy atom. The highest BCUT2D eigenvalue weighted by molar-refractivity contribution is 5.42. The van der Waals surface area contributed by atoms with E-state index in [2.05, 4.69) is 52.8 Å². The molecule has 4 aliphatic rings. The molecule has 6 atom stereocenters. The van der Waals surface area contributed by atoms with E-state index in [-0.39, 0.29) is 11.5 Å². The van der Waals surface area contributed by atoms with Crippen LogP contribution in [0.25, 0.3) is 0 Å². The van der Waals surface area contributed by atoms with E-state index in [1.807, 2.05) is 0 Å². The van der Waals surface area contributed by atoms with Gasteiger partial charge in [0.1, 0.15) is 0 Å². The largest absolute Gasteiger partial charge is 0.393 e. The van der Waals surface area contributed by atoms with Gasteiger partial charge in [0, 0.05) is 0 Å². The number of rotatable bonds is 7. The first-order chi connectivity index (χ1) is 14.7. The number of aliphatic hydroxyl groups is 2. The summed E-state index contributed by atoms with van der Waals surface area (Å²) in [5.41, 5.74) is 5.03. The molecule has 31 heavy (non-hydrogen) atoms. The molecule has 2 N–H and O–H groups in total. The molecule has 6 unspecified atom stereocenters. The average Bonchev–Trinajstić information content (AvgIpc) is 3.11. The molecule has 0 aromatic heterocycles. The van der Waals surface area contributed by atoms with Crippen LogP contribution in [0.1, 0.15) is 105 Å². The van der Waals surface area contributed by atoms with Crippen molar-refractivity contribution in [1.82, 2.24) is 0 Å². The third-order valence-corrected chi connectivity index (χ3v) is 10.3. The monoisotopic (exact) mass is 426 g/mol. The maximum absolute atomic E-state index is 10.7. The van der Waals surface area contributed by atoms with Crippen molar-refractivity contribution in [3.05, 3.63) is 34.9 Å². The lowest BCUT2D eigenvalue weighted by Crippen LogP contribution is -2.45. The number of fused-ring (bicyclic) bond motifs is 5. The van der Waals surface area contributed by atoms with Crippen LogP contribution in [0.3, 0.4) is 0 Å². The lowest BCUT2D eigenvalue weighted by molar-refractivity contribution is 0.0203. The second-order valence-corrected chi connectivity index (χ2v) is 11.9. The molecule has 0 amide bonds. The molecule has 0 aliphatic heterocycles. The van der Waals surface area contributed by atoms with Gasteiger partial charge in [-0.25, -0.2) is 0 Å². The first-order valence-electron chi connectivity index (χ1n) is 13.2. The van der Waals surface area contributed by atoms with Crippen LogP contribution in [0.5, 0.6) is 0 Å². The minimum absolute atomic E-state index is 0.137. The zero-order chi connectivity index (χ0) is 22.4. The van der Waals surface area contributed by atoms with Crippen molar-refractivity contribution in [2.75, 3.05) is 0 Å². The maximum Gasteiger partial charge on any atom is 0.0642 e. The summed E-state index contributed by atoms with van der Waals surface area (Å²) >= 11 is 0. The Hall–Kier alpha value is -0.860. The fourth-order valence-electron chi connectivity index (χ4n) is 7.86. The molecule has 0 aromatic carbocycles. The van der Waals surface area contributed by atoms with Crippen molar-refractivity contribution in [2.45, 2.75) is 117 Å². The van der Waals surface area contributed by atoms with Gasteiger partial charge in [-0.2, -0.15) is 0 Å². The van der Waals surface area contributed by atoms with E-state index in [1.165, 1.54) is 31.3 Å². The fraction of sp³-hybridized carbons (Fsp3) is 0.793. The van der Waals surface area contributed by atoms with Gasteiger partial charge in [0.25, 0.3) is 0 Å². The van der Waals surface area contributed by atoms with E-state index < -0.39 is 5.60 Å². The molecule has 0 heterocycles. The van der Waals surface area contributed by atoms with Crippen LogP contribution < -0.4 is 0 Å². The smallest absolute Gasteiger partial charge is 0.0642 e. The summed E-state index contributed by atoms with van der Waals surface area (Å²) < 4.78 is 0. The first kappa shape index (κ1) is 23.3. The molecule has 4 aliphatic carbocycles. The molecule has 0 aromatic rings. The van der Waals surface area contributed by atoms with Gasteiger partial charge >= 0.3 is 0 Å². The number of hydrogen-bond donors (Lipinski definition) is 2. The third kappa shape index (κ3) is 3.90. The Kier molecular flexibility index (Phi) is 6.38. The molecular formula is C29H46O2. The molecule has 2 fully saturated rings. The van der Waals surface area contributed by atoms with Crippen LogP contribution in [0.2, 0.25) is 0 Å². The van der Waals surface area contributed by atoms with Gasteiger partial charge in [-0.15, -0.1) is 0 Å². The Balaban J connectivity index is 1.47. The van der Waals surface area contributed by atoms with Crippen LogP contribution >= 0.6 is 0 Å². The normalized spacial score (nSPS) is 38.4. The van der Waals surface area contributed by atoms with Crippen LogP contribution in [-0.4, -0.2) is 21.9 Å². The quantitative estimate of drug-likeness (QED) is 0.425. The molecular weight excluding hydrogens is 380 g/mol. The average molecular weight is 427 g/mol. The van der Waals surface area contributed by atoms with Crippen LogP contribution in [0.15, 0.2) is 34.9 Å². The van der Waals surface area contributed by atoms with Crippen LogP contribution in [-0.2, 0) is 0 Å². The van der Waals surface area contributed by atoms with Crippen molar-refractivity contribution in [1.29, 1.82) is 0 Å². The summed E-state index contributed by atoms with van der Waals surface area (Å²) in [5, 5.41) is 20.9. The predicted octanol–water partition coefficient (Wildman–Crippen LogP) is 7.12. The van der Waals surface area contributed by atoms with Gasteiger partial charge in [0.2, 0.25) is 0 Å². The fourth-order valence-corrected chi connectivity index (χ4v) is 7.86. The second kappa shape index (κ2) is 8.49. The third-order valence-electron chi connectivity index (χ3n) is 10.3. The zero-order valence-corrected chi connectivity index (χ0v) is 20.7. The standard InChI is InChI=1S/C29H46O2/c1-6-29(31,7-2)16-8-9-20(3)24-12-13-25-23-11-10-21-19-22(30)14-17-27(21,4)26(23)15-18-28(24,25)5/h10-12,20,22,25-26,30-31H,6-9,13-19H2,1-5H3. The summed E-state index contributed by atoms with van der Waals surface area (Å²) in [5.74, 6) is 1.94. The molecule has 2 saturated carbocycles. The van der Waals surface area contributed by atoms with Gasteiger partial charge in [0.15, 0.2) is 0 Å². The Labute approximate surface area is 190 Å². The molecule has 2 heteroatoms. The Morgan fingerprint density at radius 1 is 1.06 bits per heavy atom. The lowest BCUT2D eigenvalue weighted by Gasteiger charge is -2.54. The van der Waals surface area contributed by atoms with E-state index in [9.17, 15) is 10.2 Å². The van der Waals surface area contributed by atoms with Crippen LogP contribution in [0.4, 0.5) is 0 Å². The maximum atomic E-state index is 10.7. The summed E-state index contributed by atoms with van der Waals surface area (Å²) in [4.78, 5) is 0. The van der Waals surface area contributed by atoms with Crippen LogP contribution in [0, 0.1) is 28.6 Å². The lowest BCUT2D eigenvalue weighted by atomic mass is 9.50. The molecule has 174 valence electrons. The number of allylic oxidation sites excluding steroid dienone is 5. The summed E-state index contributed by atoms with van der Waals surface area (Å²) in [6.45, 7) is 11.7. The van der Waals surface area contributed by atoms with Gasteiger partial charge in [-0.3, -0.25) is 0 Å². The summed E-state index contributed by atoms with van der Waals surface area (Å²) in [6.07, 6.45) is 19.0. The van der Waals surface area contributed by atoms with E-state index in [1.54, 1.807) is 11.1 Å². The Bertz CT molecular complexity index is 770. The van der Waals surface area contributed by atoms with Crippen molar-refractivity contribution >= 4 is 0 Å². The molecule has 0 spiro atoms. The topological polar surface area (TPSA) is 40.5 Å². The molecule has 4 rings (SSSR count). The van der Waals surface area contributed by atoms with Crippen molar-refractivity contribution < 1.29 is 10.2 Å². The van der Waals surface area contributed by atoms with Crippen molar-refractivity contribution in [3.63, 3.8) is 0 Å². The van der Waals surface area contributed by atoms with E-state index in [0.717, 1.165) is 44.9 Å². The SMILES string of the molecule is CCC(O)(CC)CCCC(C)C1=CCC2C3=CC=C4CC(O)CCC4(C)C3CCC12C. The van der Waals surface area contributed by atoms with E-state index >= 15 is 0 Å². The van der Waals surface area contributed by atoms with Gasteiger partial charge < -0.3 is 10.2 Å². The minimum Gasteiger partial charge on any atom is -0.393 e. The van der Waals surface area contributed by atoms with Gasteiger partial charge in [-0.05, 0) is 92.8 Å². The molecule has 0 bridgehead atoms. The highest BCUT2D eigenvalue weighted by atomic mass is 16.3. The molecule has 2 nitrogen and oxygen atoms in total. The van der Waals surface area contributed by atoms with Crippen molar-refractivity contribution in [2.24, 2.45) is 28.6 Å². The minimum atomic E-state index is -0.464. The second-order valence-electron chi connectivity index (χ2n) is 11.9. The summed E-state index contributed by atoms with van der Waals surface area (Å²) in [6, 6.07) is 0. The highest BCUT2D eigenvalue weighted by Crippen LogP contribution is 2.64. The Morgan fingerprint density at radius 2 is 1.77 bits per heavy atom. The van der Waals surface area contributed by atoms with E-state index in [4.69, 9.17) is 0 Å². The number of hydrogen-bond acceptors (Lipinski definition) is 2. The molecule has 0 saturated heterocycles. The molecule has 0 radical (unpaired) electrons. The van der Waals surface area contributed by atoms with E-state index in [0.29, 0.717) is 23.2 Å². The van der Waals surface area contributed by atoms with Crippen molar-refractivity contribution in [3.8, 4) is 0 Å². The zero-order valence-electron chi connectivity index (χ0n) is 20.7. The number of aliphatic hydroxyl groups excluding tert-OH is 1. The van der Waals surface area contributed by atoms with Gasteiger partial charge in [-0.1, -0.05) is 76.0 Å². The predicted molar refractivity (Wildman–Crippen MR) is 130 cm³/mol. The van der Waals surface area contributed by atoms with Gasteiger partial charge in [0.05, 0.1) is 11.7 Å². The summed E-state index contributed by atoms with van der Waals surface area (Å²) in [7, 11) is 0. The highest BCUT2D eigenvalue weighted by Gasteiger charge is 2.54.